The van der Waals surface area contributed by atoms with Gasteiger partial charge in [0.05, 0.1) is 37.6 Å². The first-order chi connectivity index (χ1) is 12.8. The molecule has 1 aliphatic heterocycles. The molecule has 27 heavy (non-hydrogen) atoms. The number of hydrogen-bond acceptors (Lipinski definition) is 8. The van der Waals surface area contributed by atoms with Gasteiger partial charge >= 0.3 is 5.97 Å². The van der Waals surface area contributed by atoms with Crippen molar-refractivity contribution in [2.75, 3.05) is 19.8 Å². The lowest BCUT2D eigenvalue weighted by molar-refractivity contribution is -0.298. The molecule has 10 nitrogen and oxygen atoms in total. The van der Waals surface area contributed by atoms with Crippen molar-refractivity contribution in [1.29, 1.82) is 0 Å². The van der Waals surface area contributed by atoms with E-state index in [9.17, 15) is 24.9 Å². The second kappa shape index (κ2) is 11.5. The van der Waals surface area contributed by atoms with Gasteiger partial charge in [-0.3, -0.25) is 4.79 Å². The number of nitrogens with one attached hydrogen (secondary N) is 1. The number of carbonyl (C=O) groups excluding carboxylic acids is 1. The van der Waals surface area contributed by atoms with Crippen LogP contribution in [0.2, 0.25) is 0 Å². The lowest BCUT2D eigenvalue weighted by atomic mass is 9.90. The molecule has 0 radical (unpaired) electrons. The summed E-state index contributed by atoms with van der Waals surface area (Å²) >= 11 is 0. The molecule has 4 unspecified atom stereocenters. The third-order valence-corrected chi connectivity index (χ3v) is 4.48. The Kier molecular flexibility index (Phi) is 10.1. The molecular formula is C17H32N2O8. The predicted octanol–water partition coefficient (Wildman–Crippen LogP) is -1.30. The maximum absolute atomic E-state index is 11.8. The smallest absolute Gasteiger partial charge is 0.364 e. The molecule has 0 spiro atoms. The van der Waals surface area contributed by atoms with Crippen LogP contribution >= 0.6 is 0 Å². The van der Waals surface area contributed by atoms with Crippen LogP contribution in [0, 0.1) is 0 Å². The summed E-state index contributed by atoms with van der Waals surface area (Å²) in [5, 5.41) is 41.4. The summed E-state index contributed by atoms with van der Waals surface area (Å²) in [7, 11) is 0. The Morgan fingerprint density at radius 3 is 2.56 bits per heavy atom. The van der Waals surface area contributed by atoms with Gasteiger partial charge in [-0.05, 0) is 19.4 Å². The lowest BCUT2D eigenvalue weighted by Crippen LogP contribution is -2.64. The molecule has 0 saturated carbocycles. The third kappa shape index (κ3) is 7.32. The second-order valence-corrected chi connectivity index (χ2v) is 6.84. The van der Waals surface area contributed by atoms with E-state index in [1.54, 1.807) is 0 Å². The van der Waals surface area contributed by atoms with Gasteiger partial charge in [-0.15, -0.1) is 0 Å². The largest absolute Gasteiger partial charge is 0.477 e. The number of rotatable bonds is 12. The number of nitrogens with two attached hydrogens (primary N) is 1. The van der Waals surface area contributed by atoms with Gasteiger partial charge in [-0.1, -0.05) is 12.8 Å². The van der Waals surface area contributed by atoms with E-state index in [2.05, 4.69) is 5.32 Å². The molecule has 10 heteroatoms. The molecule has 1 aliphatic rings. The summed E-state index contributed by atoms with van der Waals surface area (Å²) in [6, 6.07) is -0.927. The monoisotopic (exact) mass is 392 g/mol. The zero-order chi connectivity index (χ0) is 20.4. The molecule has 0 aromatic carbocycles. The Morgan fingerprint density at radius 2 is 2.00 bits per heavy atom. The van der Waals surface area contributed by atoms with Gasteiger partial charge in [0.15, 0.2) is 0 Å². The van der Waals surface area contributed by atoms with Crippen molar-refractivity contribution in [1.82, 2.24) is 5.32 Å². The van der Waals surface area contributed by atoms with E-state index in [0.717, 1.165) is 19.3 Å². The number of aliphatic hydroxyl groups is 3. The molecule has 158 valence electrons. The number of amides is 1. The molecule has 1 saturated heterocycles. The van der Waals surface area contributed by atoms with E-state index in [-0.39, 0.29) is 19.4 Å². The van der Waals surface area contributed by atoms with E-state index >= 15 is 0 Å². The van der Waals surface area contributed by atoms with Gasteiger partial charge < -0.3 is 41.0 Å². The van der Waals surface area contributed by atoms with E-state index in [1.807, 2.05) is 0 Å². The van der Waals surface area contributed by atoms with Crippen molar-refractivity contribution in [2.45, 2.75) is 75.6 Å². The van der Waals surface area contributed by atoms with E-state index in [4.69, 9.17) is 20.3 Å². The fourth-order valence-electron chi connectivity index (χ4n) is 3.11. The van der Waals surface area contributed by atoms with Crippen LogP contribution in [0.3, 0.4) is 0 Å². The normalized spacial score (nSPS) is 29.3. The highest BCUT2D eigenvalue weighted by atomic mass is 16.7. The zero-order valence-electron chi connectivity index (χ0n) is 15.7. The van der Waals surface area contributed by atoms with Crippen LogP contribution in [-0.2, 0) is 19.1 Å². The Hall–Kier alpha value is -1.30. The minimum Gasteiger partial charge on any atom is -0.477 e. The Balaban J connectivity index is 2.85. The van der Waals surface area contributed by atoms with Crippen molar-refractivity contribution in [2.24, 2.45) is 5.73 Å². The van der Waals surface area contributed by atoms with Gasteiger partial charge in [-0.25, -0.2) is 4.79 Å². The molecule has 0 aromatic heterocycles. The van der Waals surface area contributed by atoms with Crippen LogP contribution < -0.4 is 11.1 Å². The fourth-order valence-corrected chi connectivity index (χ4v) is 3.11. The van der Waals surface area contributed by atoms with Crippen molar-refractivity contribution in [3.8, 4) is 0 Å². The molecule has 1 heterocycles. The number of carboxylic acids is 1. The van der Waals surface area contributed by atoms with Crippen molar-refractivity contribution >= 4 is 11.9 Å². The Morgan fingerprint density at radius 1 is 1.33 bits per heavy atom. The number of hydrogen-bond donors (Lipinski definition) is 6. The van der Waals surface area contributed by atoms with Gasteiger partial charge in [0.25, 0.3) is 5.79 Å². The maximum Gasteiger partial charge on any atom is 0.364 e. The molecule has 1 rings (SSSR count). The molecule has 1 fully saturated rings. The van der Waals surface area contributed by atoms with Crippen LogP contribution in [0.25, 0.3) is 0 Å². The highest BCUT2D eigenvalue weighted by Crippen LogP contribution is 2.33. The summed E-state index contributed by atoms with van der Waals surface area (Å²) in [6.07, 6.45) is -0.850. The highest BCUT2D eigenvalue weighted by Gasteiger charge is 2.53. The lowest BCUT2D eigenvalue weighted by Gasteiger charge is -2.45. The number of unbranched alkanes of at least 4 members (excludes halogenated alkanes) is 3. The van der Waals surface area contributed by atoms with Crippen LogP contribution in [0.4, 0.5) is 0 Å². The number of carboxylic acid groups (broad SMARTS) is 1. The average molecular weight is 392 g/mol. The topological polar surface area (TPSA) is 172 Å². The summed E-state index contributed by atoms with van der Waals surface area (Å²) in [4.78, 5) is 23.2. The van der Waals surface area contributed by atoms with Gasteiger partial charge in [0.1, 0.15) is 0 Å². The Bertz CT molecular complexity index is 478. The van der Waals surface area contributed by atoms with Crippen molar-refractivity contribution in [3.63, 3.8) is 0 Å². The van der Waals surface area contributed by atoms with E-state index in [1.165, 1.54) is 6.92 Å². The van der Waals surface area contributed by atoms with Gasteiger partial charge in [0, 0.05) is 19.8 Å². The van der Waals surface area contributed by atoms with Crippen LogP contribution in [0.15, 0.2) is 0 Å². The van der Waals surface area contributed by atoms with Crippen molar-refractivity contribution < 1.29 is 39.5 Å². The summed E-state index contributed by atoms with van der Waals surface area (Å²) in [5.41, 5.74) is 5.43. The quantitative estimate of drug-likeness (QED) is 0.221. The minimum absolute atomic E-state index is 0.115. The number of carbonyl (C=O) groups is 2. The third-order valence-electron chi connectivity index (χ3n) is 4.48. The van der Waals surface area contributed by atoms with Crippen LogP contribution in [-0.4, -0.2) is 82.2 Å². The first-order valence-corrected chi connectivity index (χ1v) is 9.25. The molecule has 0 aromatic rings. The van der Waals surface area contributed by atoms with E-state index < -0.39 is 48.6 Å². The van der Waals surface area contributed by atoms with Crippen molar-refractivity contribution in [3.05, 3.63) is 0 Å². The first kappa shape index (κ1) is 23.7. The molecule has 0 aliphatic carbocycles. The number of aliphatic hydroxyl groups excluding tert-OH is 3. The van der Waals surface area contributed by atoms with E-state index in [0.29, 0.717) is 13.0 Å². The Labute approximate surface area is 158 Å². The van der Waals surface area contributed by atoms with Crippen LogP contribution in [0.5, 0.6) is 0 Å². The minimum atomic E-state index is -2.08. The first-order valence-electron chi connectivity index (χ1n) is 9.25. The molecular weight excluding hydrogens is 360 g/mol. The second-order valence-electron chi connectivity index (χ2n) is 6.84. The fraction of sp³-hybridized carbons (Fsp3) is 0.882. The highest BCUT2D eigenvalue weighted by molar-refractivity contribution is 5.76. The molecule has 0 bridgehead atoms. The molecule has 7 N–H and O–H groups in total. The summed E-state index contributed by atoms with van der Waals surface area (Å²) in [5.74, 6) is -3.91. The summed E-state index contributed by atoms with van der Waals surface area (Å²) in [6.45, 7) is 1.40. The SMILES string of the molecule is CC(=O)NC1C(CC(O)CO)OC(OCCCCCCN)(C(=O)O)C[C@H]1O. The van der Waals surface area contributed by atoms with Crippen LogP contribution in [0.1, 0.15) is 45.4 Å². The molecule has 1 amide bonds. The summed E-state index contributed by atoms with van der Waals surface area (Å²) < 4.78 is 11.1. The number of aliphatic carboxylic acids is 1. The number of ether oxygens (including phenoxy) is 2. The predicted molar refractivity (Wildman–Crippen MR) is 94.7 cm³/mol. The van der Waals surface area contributed by atoms with Gasteiger partial charge in [0.2, 0.25) is 5.91 Å². The average Bonchev–Trinajstić information content (AvgIpc) is 2.60. The molecule has 5 atom stereocenters. The standard InChI is InChI=1S/C17H32N2O8/c1-11(21)19-15-13(23)9-17(16(24)25,26-7-5-3-2-4-6-18)27-14(15)8-12(22)10-20/h12-15,20,22-23H,2-10,18H2,1H3,(H,19,21)(H,24,25)/t12?,13-,14?,15?,17?/m1/s1. The zero-order valence-corrected chi connectivity index (χ0v) is 15.7. The maximum atomic E-state index is 11.8. The van der Waals surface area contributed by atoms with Gasteiger partial charge in [-0.2, -0.15) is 0 Å².